The highest BCUT2D eigenvalue weighted by Gasteiger charge is 2.48. The molecule has 2 fully saturated rings. The zero-order chi connectivity index (χ0) is 33.0. The topological polar surface area (TPSA) is 182 Å². The predicted octanol–water partition coefficient (Wildman–Crippen LogP) is 1.18. The van der Waals surface area contributed by atoms with E-state index < -0.39 is 97.0 Å². The van der Waals surface area contributed by atoms with Crippen LogP contribution in [0.25, 0.3) is 0 Å². The maximum absolute atomic E-state index is 13.7. The molecular weight excluding hydrogens is 578 g/mol. The number of nitrogens with zero attached hydrogens (tertiary/aromatic N) is 1. The van der Waals surface area contributed by atoms with E-state index in [1.807, 2.05) is 6.92 Å². The molecule has 0 aliphatic carbocycles. The second-order valence-corrected chi connectivity index (χ2v) is 12.9. The zero-order valence-electron chi connectivity index (χ0n) is 27.0. The molecule has 13 nitrogen and oxygen atoms in total. The third kappa shape index (κ3) is 8.17. The number of hydrogen-bond donors (Lipinski definition) is 4. The van der Waals surface area contributed by atoms with Gasteiger partial charge < -0.3 is 49.0 Å². The largest absolute Gasteiger partial charge is 0.509 e. The fourth-order valence-electron chi connectivity index (χ4n) is 6.63. The lowest BCUT2D eigenvalue weighted by Crippen LogP contribution is -2.63. The van der Waals surface area contributed by atoms with Crippen LogP contribution in [0, 0.1) is 23.7 Å². The van der Waals surface area contributed by atoms with E-state index in [1.54, 1.807) is 59.7 Å². The highest BCUT2D eigenvalue weighted by Crippen LogP contribution is 2.34. The molecule has 3 aliphatic heterocycles. The number of carbonyl (C=O) groups is 3. The Labute approximate surface area is 259 Å². The van der Waals surface area contributed by atoms with Crippen molar-refractivity contribution in [1.82, 2.24) is 4.90 Å². The van der Waals surface area contributed by atoms with Crippen molar-refractivity contribution in [3.63, 3.8) is 0 Å². The number of Topliss-reactive ketones (excluding diaryl/α,β-unsaturated/α-hetero) is 1. The number of fused-ring (bicyclic) bond motifs is 1. The summed E-state index contributed by atoms with van der Waals surface area (Å²) in [4.78, 5) is 40.6. The van der Waals surface area contributed by atoms with Crippen molar-refractivity contribution in [3.05, 3.63) is 11.6 Å². The second kappa shape index (κ2) is 15.4. The summed E-state index contributed by atoms with van der Waals surface area (Å²) in [6.45, 7) is 9.97. The molecule has 0 radical (unpaired) electrons. The van der Waals surface area contributed by atoms with Crippen LogP contribution in [-0.4, -0.2) is 125 Å². The third-order valence-electron chi connectivity index (χ3n) is 9.27. The summed E-state index contributed by atoms with van der Waals surface area (Å²) >= 11 is 0. The van der Waals surface area contributed by atoms with E-state index in [1.165, 1.54) is 0 Å². The number of ether oxygens (including phenoxy) is 5. The Hall–Kier alpha value is -2.13. The number of cyclic esters (lactones) is 1. The summed E-state index contributed by atoms with van der Waals surface area (Å²) in [5.74, 6) is -3.46. The monoisotopic (exact) mass is 629 g/mol. The molecule has 0 aromatic carbocycles. The Bertz CT molecular complexity index is 1040. The van der Waals surface area contributed by atoms with E-state index in [-0.39, 0.29) is 25.2 Å². The molecule has 44 heavy (non-hydrogen) atoms. The normalized spacial score (nSPS) is 43.1. The SMILES string of the molecule is CC[C@H]1OC(=O)C[C@@H](O)[C@H](C)[C@@H](OC2OC(C)C(O)C(N(C)C)C2O)[C@@H](C)C[C@@H](C)C(=O)C2OC(=O)OC2C(C)=C[C@@H]1CO. The van der Waals surface area contributed by atoms with E-state index in [0.717, 1.165) is 0 Å². The van der Waals surface area contributed by atoms with E-state index >= 15 is 0 Å². The predicted molar refractivity (Wildman–Crippen MR) is 156 cm³/mol. The van der Waals surface area contributed by atoms with Gasteiger partial charge in [0.15, 0.2) is 18.2 Å². The first-order valence-corrected chi connectivity index (χ1v) is 15.5. The lowest BCUT2D eigenvalue weighted by atomic mass is 9.81. The molecule has 3 heterocycles. The zero-order valence-corrected chi connectivity index (χ0v) is 27.0. The molecule has 0 aromatic heterocycles. The van der Waals surface area contributed by atoms with Crippen LogP contribution in [0.1, 0.15) is 60.8 Å². The molecule has 13 heteroatoms. The smallest absolute Gasteiger partial charge is 0.462 e. The lowest BCUT2D eigenvalue weighted by molar-refractivity contribution is -0.303. The molecule has 2 saturated heterocycles. The van der Waals surface area contributed by atoms with Crippen LogP contribution in [-0.2, 0) is 33.3 Å². The number of likely N-dealkylation sites (N-methyl/N-ethyl adjacent to an activating group) is 1. The molecular formula is C31H51NO12. The van der Waals surface area contributed by atoms with Crippen molar-refractivity contribution >= 4 is 17.9 Å². The van der Waals surface area contributed by atoms with Crippen LogP contribution in [0.4, 0.5) is 4.79 Å². The van der Waals surface area contributed by atoms with Crippen molar-refractivity contribution in [2.45, 2.75) is 122 Å². The molecule has 252 valence electrons. The summed E-state index contributed by atoms with van der Waals surface area (Å²) in [6.07, 6.45) is -8.24. The number of esters is 1. The standard InChI is InChI=1S/C31H51NO12/c1-9-21-19(13-33)11-16(4)28-29(44-31(39)43-28)24(36)14(2)10-15(3)27(17(5)20(34)12-22(35)41-21)42-30-26(38)23(32(7)8)25(37)18(6)40-30/h11,14-15,17-21,23,25-30,33-34,37-38H,9-10,12-13H2,1-8H3/t14-,15+,17+,18?,19-,20-,21-,23?,25?,26?,27+,28?,29?,30?/m1/s1. The Morgan fingerprint density at radius 1 is 0.977 bits per heavy atom. The molecule has 7 unspecified atom stereocenters. The maximum atomic E-state index is 13.7. The third-order valence-corrected chi connectivity index (χ3v) is 9.27. The van der Waals surface area contributed by atoms with Crippen molar-refractivity contribution < 1.29 is 58.5 Å². The van der Waals surface area contributed by atoms with Crippen LogP contribution >= 0.6 is 0 Å². The number of hydrogen-bond acceptors (Lipinski definition) is 13. The van der Waals surface area contributed by atoms with Crippen molar-refractivity contribution in [2.24, 2.45) is 23.7 Å². The van der Waals surface area contributed by atoms with E-state index in [2.05, 4.69) is 0 Å². The second-order valence-electron chi connectivity index (χ2n) is 12.9. The van der Waals surface area contributed by atoms with Crippen LogP contribution < -0.4 is 0 Å². The van der Waals surface area contributed by atoms with Gasteiger partial charge in [-0.05, 0) is 52.3 Å². The molecule has 3 aliphatic rings. The van der Waals surface area contributed by atoms with Gasteiger partial charge in [-0.2, -0.15) is 0 Å². The summed E-state index contributed by atoms with van der Waals surface area (Å²) in [6, 6.07) is -0.698. The molecule has 0 spiro atoms. The fourth-order valence-corrected chi connectivity index (χ4v) is 6.63. The number of aliphatic hydroxyl groups is 4. The van der Waals surface area contributed by atoms with E-state index in [4.69, 9.17) is 23.7 Å². The maximum Gasteiger partial charge on any atom is 0.509 e. The Balaban J connectivity index is 1.99. The van der Waals surface area contributed by atoms with E-state index in [0.29, 0.717) is 12.0 Å². The molecule has 0 amide bonds. The summed E-state index contributed by atoms with van der Waals surface area (Å²) in [5.41, 5.74) is 0.472. The number of aliphatic hydroxyl groups excluding tert-OH is 4. The minimum Gasteiger partial charge on any atom is -0.462 e. The number of ketones is 1. The lowest BCUT2D eigenvalue weighted by Gasteiger charge is -2.46. The molecule has 3 rings (SSSR count). The molecule has 4 N–H and O–H groups in total. The van der Waals surface area contributed by atoms with Gasteiger partial charge in [0.05, 0.1) is 43.5 Å². The molecule has 14 atom stereocenters. The van der Waals surface area contributed by atoms with E-state index in [9.17, 15) is 34.8 Å². The van der Waals surface area contributed by atoms with Crippen molar-refractivity contribution in [1.29, 1.82) is 0 Å². The highest BCUT2D eigenvalue weighted by molar-refractivity contribution is 5.89. The Kier molecular flexibility index (Phi) is 12.8. The van der Waals surface area contributed by atoms with Gasteiger partial charge in [0, 0.05) is 17.8 Å². The number of carbonyl (C=O) groups excluding carboxylic acids is 3. The Morgan fingerprint density at radius 2 is 1.61 bits per heavy atom. The van der Waals surface area contributed by atoms with Gasteiger partial charge in [-0.15, -0.1) is 0 Å². The number of rotatable bonds is 5. The first-order chi connectivity index (χ1) is 20.6. The van der Waals surface area contributed by atoms with Crippen LogP contribution in [0.2, 0.25) is 0 Å². The fraction of sp³-hybridized carbons (Fsp3) is 0.839. The van der Waals surface area contributed by atoms with Gasteiger partial charge in [0.2, 0.25) is 6.10 Å². The average Bonchev–Trinajstić information content (AvgIpc) is 3.35. The summed E-state index contributed by atoms with van der Waals surface area (Å²) in [7, 11) is 3.45. The quantitative estimate of drug-likeness (QED) is 0.252. The minimum atomic E-state index is -1.25. The van der Waals surface area contributed by atoms with Gasteiger partial charge in [-0.3, -0.25) is 9.59 Å². The average molecular weight is 630 g/mol. The minimum absolute atomic E-state index is 0.240. The molecule has 0 aromatic rings. The summed E-state index contributed by atoms with van der Waals surface area (Å²) < 4.78 is 28.6. The van der Waals surface area contributed by atoms with Crippen LogP contribution in [0.5, 0.6) is 0 Å². The van der Waals surface area contributed by atoms with Crippen LogP contribution in [0.3, 0.4) is 0 Å². The Morgan fingerprint density at radius 3 is 2.20 bits per heavy atom. The molecule has 0 bridgehead atoms. The van der Waals surface area contributed by atoms with Gasteiger partial charge in [-0.1, -0.05) is 33.8 Å². The van der Waals surface area contributed by atoms with Crippen molar-refractivity contribution in [3.8, 4) is 0 Å². The summed E-state index contributed by atoms with van der Waals surface area (Å²) in [5, 5.41) is 43.2. The van der Waals surface area contributed by atoms with Gasteiger partial charge in [-0.25, -0.2) is 4.79 Å². The van der Waals surface area contributed by atoms with Crippen LogP contribution in [0.15, 0.2) is 11.6 Å². The first kappa shape index (κ1) is 36.3. The molecule has 0 saturated carbocycles. The van der Waals surface area contributed by atoms with Gasteiger partial charge >= 0.3 is 12.1 Å². The van der Waals surface area contributed by atoms with Gasteiger partial charge in [0.1, 0.15) is 12.2 Å². The van der Waals surface area contributed by atoms with Crippen molar-refractivity contribution in [2.75, 3.05) is 20.7 Å². The highest BCUT2D eigenvalue weighted by atomic mass is 16.8. The van der Waals surface area contributed by atoms with Gasteiger partial charge in [0.25, 0.3) is 0 Å². The first-order valence-electron chi connectivity index (χ1n) is 15.5.